The zero-order valence-corrected chi connectivity index (χ0v) is 11.3. The Balaban J connectivity index is 2.25. The van der Waals surface area contributed by atoms with E-state index in [-0.39, 0.29) is 17.1 Å². The lowest BCUT2D eigenvalue weighted by Crippen LogP contribution is -2.20. The molecule has 2 amide bonds. The molecule has 7 heteroatoms. The van der Waals surface area contributed by atoms with Crippen LogP contribution in [-0.4, -0.2) is 25.3 Å². The number of thioether (sulfide) groups is 1. The molecule has 0 spiro atoms. The van der Waals surface area contributed by atoms with Gasteiger partial charge in [0.1, 0.15) is 0 Å². The summed E-state index contributed by atoms with van der Waals surface area (Å²) in [4.78, 5) is 23.5. The van der Waals surface area contributed by atoms with Crippen molar-refractivity contribution >= 4 is 38.3 Å². The standard InChI is InChI=1S/C12H9NO4S2/c14-11-10(18-12(15)13-11)8-5-6-19(16,17)9-4-2-1-3-7(8)9/h1-4H,5-6H2,(H,13,14,15)/b10-8+. The first-order valence-corrected chi connectivity index (χ1v) is 8.04. The van der Waals surface area contributed by atoms with Gasteiger partial charge in [0.15, 0.2) is 9.84 Å². The number of imide groups is 1. The highest BCUT2D eigenvalue weighted by molar-refractivity contribution is 8.18. The second-order valence-electron chi connectivity index (χ2n) is 4.22. The maximum atomic E-state index is 12.0. The number of fused-ring (bicyclic) bond motifs is 1. The number of benzene rings is 1. The normalized spacial score (nSPS) is 25.1. The van der Waals surface area contributed by atoms with E-state index in [0.29, 0.717) is 16.0 Å². The largest absolute Gasteiger partial charge is 0.290 e. The van der Waals surface area contributed by atoms with Gasteiger partial charge in [0.05, 0.1) is 15.6 Å². The van der Waals surface area contributed by atoms with Gasteiger partial charge >= 0.3 is 0 Å². The van der Waals surface area contributed by atoms with Crippen molar-refractivity contribution in [3.05, 3.63) is 34.7 Å². The van der Waals surface area contributed by atoms with Gasteiger partial charge < -0.3 is 0 Å². The molecule has 2 aliphatic heterocycles. The molecular weight excluding hydrogens is 286 g/mol. The highest BCUT2D eigenvalue weighted by Gasteiger charge is 2.34. The summed E-state index contributed by atoms with van der Waals surface area (Å²) in [7, 11) is -3.30. The molecule has 0 aromatic heterocycles. The van der Waals surface area contributed by atoms with Gasteiger partial charge in [-0.1, -0.05) is 18.2 Å². The minimum atomic E-state index is -3.30. The third kappa shape index (κ3) is 1.98. The minimum Gasteiger partial charge on any atom is -0.282 e. The van der Waals surface area contributed by atoms with E-state index in [9.17, 15) is 18.0 Å². The molecule has 2 aliphatic rings. The van der Waals surface area contributed by atoms with Crippen LogP contribution in [0.3, 0.4) is 0 Å². The van der Waals surface area contributed by atoms with Crippen molar-refractivity contribution in [2.24, 2.45) is 0 Å². The Morgan fingerprint density at radius 2 is 1.89 bits per heavy atom. The van der Waals surface area contributed by atoms with Gasteiger partial charge in [-0.15, -0.1) is 0 Å². The molecule has 0 radical (unpaired) electrons. The molecule has 1 aromatic rings. The molecule has 1 fully saturated rings. The summed E-state index contributed by atoms with van der Waals surface area (Å²) in [6.07, 6.45) is 0.252. The summed E-state index contributed by atoms with van der Waals surface area (Å²) in [5, 5.41) is 1.78. The van der Waals surface area contributed by atoms with Crippen molar-refractivity contribution in [1.82, 2.24) is 5.32 Å². The van der Waals surface area contributed by atoms with Crippen LogP contribution in [0.25, 0.3) is 5.57 Å². The van der Waals surface area contributed by atoms with Crippen LogP contribution in [0.4, 0.5) is 4.79 Å². The van der Waals surface area contributed by atoms with Gasteiger partial charge in [0.2, 0.25) is 0 Å². The van der Waals surface area contributed by atoms with E-state index < -0.39 is 21.0 Å². The van der Waals surface area contributed by atoms with Crippen LogP contribution in [0.15, 0.2) is 34.1 Å². The average molecular weight is 295 g/mol. The van der Waals surface area contributed by atoms with Gasteiger partial charge in [-0.25, -0.2) is 8.42 Å². The van der Waals surface area contributed by atoms with E-state index in [1.54, 1.807) is 18.2 Å². The Morgan fingerprint density at radius 3 is 2.58 bits per heavy atom. The fourth-order valence-electron chi connectivity index (χ4n) is 2.22. The Morgan fingerprint density at radius 1 is 1.16 bits per heavy atom. The van der Waals surface area contributed by atoms with Crippen LogP contribution >= 0.6 is 11.8 Å². The van der Waals surface area contributed by atoms with Crippen molar-refractivity contribution < 1.29 is 18.0 Å². The van der Waals surface area contributed by atoms with Gasteiger partial charge in [0, 0.05) is 0 Å². The van der Waals surface area contributed by atoms with E-state index in [1.165, 1.54) is 6.07 Å². The van der Waals surface area contributed by atoms with E-state index >= 15 is 0 Å². The molecule has 0 atom stereocenters. The van der Waals surface area contributed by atoms with Gasteiger partial charge in [-0.3, -0.25) is 14.9 Å². The second kappa shape index (κ2) is 4.21. The number of carbonyl (C=O) groups excluding carboxylic acids is 2. The van der Waals surface area contributed by atoms with Gasteiger partial charge in [-0.2, -0.15) is 0 Å². The number of rotatable bonds is 0. The highest BCUT2D eigenvalue weighted by Crippen LogP contribution is 2.39. The van der Waals surface area contributed by atoms with Crippen LogP contribution in [0.5, 0.6) is 0 Å². The lowest BCUT2D eigenvalue weighted by atomic mass is 10.0. The van der Waals surface area contributed by atoms with Crippen molar-refractivity contribution in [2.75, 3.05) is 5.75 Å². The third-order valence-corrected chi connectivity index (χ3v) is 5.75. The predicted octanol–water partition coefficient (Wildman–Crippen LogP) is 1.56. The Labute approximate surface area is 114 Å². The summed E-state index contributed by atoms with van der Waals surface area (Å²) in [6.45, 7) is 0. The zero-order valence-electron chi connectivity index (χ0n) is 9.67. The van der Waals surface area contributed by atoms with E-state index in [2.05, 4.69) is 5.32 Å². The molecule has 3 rings (SSSR count). The summed E-state index contributed by atoms with van der Waals surface area (Å²) < 4.78 is 24.0. The predicted molar refractivity (Wildman–Crippen MR) is 71.2 cm³/mol. The number of carbonyl (C=O) groups is 2. The lowest BCUT2D eigenvalue weighted by molar-refractivity contribution is -0.115. The van der Waals surface area contributed by atoms with Gasteiger partial charge in [0.25, 0.3) is 11.1 Å². The number of hydrogen-bond acceptors (Lipinski definition) is 5. The number of nitrogens with one attached hydrogen (secondary N) is 1. The van der Waals surface area contributed by atoms with E-state index in [0.717, 1.165) is 11.8 Å². The summed E-state index contributed by atoms with van der Waals surface area (Å²) >= 11 is 0.829. The second-order valence-corrected chi connectivity index (χ2v) is 7.28. The van der Waals surface area contributed by atoms with E-state index in [4.69, 9.17) is 0 Å². The fraction of sp³-hybridized carbons (Fsp3) is 0.167. The van der Waals surface area contributed by atoms with Crippen LogP contribution in [0.2, 0.25) is 0 Å². The molecular formula is C12H9NO4S2. The molecule has 1 saturated heterocycles. The first kappa shape index (κ1) is 12.4. The maximum absolute atomic E-state index is 12.0. The zero-order chi connectivity index (χ0) is 13.6. The van der Waals surface area contributed by atoms with E-state index in [1.807, 2.05) is 0 Å². The number of amides is 2. The highest BCUT2D eigenvalue weighted by atomic mass is 32.2. The minimum absolute atomic E-state index is 0.0368. The van der Waals surface area contributed by atoms with Crippen molar-refractivity contribution in [2.45, 2.75) is 11.3 Å². The van der Waals surface area contributed by atoms with Gasteiger partial charge in [-0.05, 0) is 35.4 Å². The smallest absolute Gasteiger partial charge is 0.282 e. The molecule has 1 aromatic carbocycles. The number of sulfone groups is 1. The average Bonchev–Trinajstić information content (AvgIpc) is 2.69. The Hall–Kier alpha value is -1.60. The van der Waals surface area contributed by atoms with Crippen molar-refractivity contribution in [3.8, 4) is 0 Å². The van der Waals surface area contributed by atoms with Crippen LogP contribution in [-0.2, 0) is 14.6 Å². The summed E-state index contributed by atoms with van der Waals surface area (Å²) in [5.41, 5.74) is 1.17. The molecule has 1 N–H and O–H groups in total. The topological polar surface area (TPSA) is 80.3 Å². The summed E-state index contributed by atoms with van der Waals surface area (Å²) in [6, 6.07) is 6.57. The molecule has 0 aliphatic carbocycles. The Kier molecular flexibility index (Phi) is 2.75. The van der Waals surface area contributed by atoms with Crippen LogP contribution < -0.4 is 5.32 Å². The third-order valence-electron chi connectivity index (χ3n) is 3.06. The molecule has 0 bridgehead atoms. The SMILES string of the molecule is O=C1NC(=O)/C(=C2/CCS(=O)(=O)c3ccccc32)S1. The first-order chi connectivity index (χ1) is 8.99. The molecule has 0 saturated carbocycles. The molecule has 0 unspecified atom stereocenters. The van der Waals surface area contributed by atoms with Crippen molar-refractivity contribution in [3.63, 3.8) is 0 Å². The molecule has 5 nitrogen and oxygen atoms in total. The fourth-order valence-corrected chi connectivity index (χ4v) is 4.53. The monoisotopic (exact) mass is 295 g/mol. The first-order valence-electron chi connectivity index (χ1n) is 5.57. The Bertz CT molecular complexity index is 734. The number of hydrogen-bond donors (Lipinski definition) is 1. The number of allylic oxidation sites excluding steroid dienone is 1. The quantitative estimate of drug-likeness (QED) is 0.735. The maximum Gasteiger partial charge on any atom is 0.290 e. The van der Waals surface area contributed by atoms with Crippen LogP contribution in [0.1, 0.15) is 12.0 Å². The molecule has 19 heavy (non-hydrogen) atoms. The van der Waals surface area contributed by atoms with Crippen LogP contribution in [0, 0.1) is 0 Å². The molecule has 2 heterocycles. The van der Waals surface area contributed by atoms with Crippen molar-refractivity contribution in [1.29, 1.82) is 0 Å². The lowest BCUT2D eigenvalue weighted by Gasteiger charge is -2.19. The molecule has 98 valence electrons. The summed E-state index contributed by atoms with van der Waals surface area (Å²) in [5.74, 6) is -0.482.